The third-order valence-electron chi connectivity index (χ3n) is 3.95. The molecule has 1 unspecified atom stereocenters. The molecule has 1 atom stereocenters. The van der Waals surface area contributed by atoms with Crippen LogP contribution in [0.2, 0.25) is 0 Å². The number of rotatable bonds is 6. The van der Waals surface area contributed by atoms with E-state index in [1.54, 1.807) is 48.5 Å². The summed E-state index contributed by atoms with van der Waals surface area (Å²) in [6.45, 7) is 3.95. The molecule has 0 aromatic heterocycles. The molecule has 27 heavy (non-hydrogen) atoms. The van der Waals surface area contributed by atoms with Gasteiger partial charge >= 0.3 is 0 Å². The van der Waals surface area contributed by atoms with Crippen LogP contribution in [0.3, 0.4) is 0 Å². The van der Waals surface area contributed by atoms with Crippen molar-refractivity contribution in [3.05, 3.63) is 59.7 Å². The number of para-hydroxylation sites is 1. The lowest BCUT2D eigenvalue weighted by atomic mass is 10.1. The van der Waals surface area contributed by atoms with Crippen molar-refractivity contribution >= 4 is 34.8 Å². The van der Waals surface area contributed by atoms with E-state index in [4.69, 9.17) is 17.0 Å². The highest BCUT2D eigenvalue weighted by molar-refractivity contribution is 7.80. The molecule has 0 bridgehead atoms. The summed E-state index contributed by atoms with van der Waals surface area (Å²) >= 11 is 5.21. The summed E-state index contributed by atoms with van der Waals surface area (Å²) < 4.78 is 5.18. The molecule has 2 aromatic rings. The third kappa shape index (κ3) is 5.79. The molecule has 0 heterocycles. The summed E-state index contributed by atoms with van der Waals surface area (Å²) in [6, 6.07) is 13.9. The van der Waals surface area contributed by atoms with Gasteiger partial charge in [0, 0.05) is 17.3 Å². The zero-order chi connectivity index (χ0) is 19.8. The minimum atomic E-state index is -0.379. The zero-order valence-electron chi connectivity index (χ0n) is 15.5. The Balaban J connectivity index is 2.02. The lowest BCUT2D eigenvalue weighted by Gasteiger charge is -2.14. The quantitative estimate of drug-likeness (QED) is 0.665. The maximum absolute atomic E-state index is 12.4. The molecule has 7 heteroatoms. The molecule has 2 amide bonds. The number of anilines is 1. The number of carbonyl (C=O) groups excluding carboxylic acids is 2. The van der Waals surface area contributed by atoms with Crippen LogP contribution in [0.4, 0.5) is 5.69 Å². The molecule has 6 nitrogen and oxygen atoms in total. The molecule has 0 saturated heterocycles. The van der Waals surface area contributed by atoms with Crippen molar-refractivity contribution in [1.29, 1.82) is 0 Å². The molecule has 2 rings (SSSR count). The first-order valence-electron chi connectivity index (χ1n) is 8.60. The van der Waals surface area contributed by atoms with Crippen LogP contribution >= 0.6 is 12.2 Å². The SMILES string of the molecule is CCC(C)NC(=O)c1cccc(NC(=S)NC(=O)c2ccccc2OC)c1. The van der Waals surface area contributed by atoms with Crippen molar-refractivity contribution in [2.24, 2.45) is 0 Å². The first kappa shape index (κ1) is 20.4. The summed E-state index contributed by atoms with van der Waals surface area (Å²) in [6.07, 6.45) is 0.850. The van der Waals surface area contributed by atoms with Crippen LogP contribution in [0.1, 0.15) is 41.0 Å². The van der Waals surface area contributed by atoms with Crippen molar-refractivity contribution in [3.8, 4) is 5.75 Å². The summed E-state index contributed by atoms with van der Waals surface area (Å²) in [5.74, 6) is -0.0749. The highest BCUT2D eigenvalue weighted by atomic mass is 32.1. The van der Waals surface area contributed by atoms with Gasteiger partial charge in [-0.15, -0.1) is 0 Å². The smallest absolute Gasteiger partial charge is 0.261 e. The van der Waals surface area contributed by atoms with Gasteiger partial charge in [-0.25, -0.2) is 0 Å². The molecule has 0 aliphatic rings. The Morgan fingerprint density at radius 1 is 1.11 bits per heavy atom. The summed E-state index contributed by atoms with van der Waals surface area (Å²) in [5, 5.41) is 8.57. The number of hydrogen-bond acceptors (Lipinski definition) is 4. The lowest BCUT2D eigenvalue weighted by Crippen LogP contribution is -2.34. The van der Waals surface area contributed by atoms with E-state index in [2.05, 4.69) is 16.0 Å². The highest BCUT2D eigenvalue weighted by Crippen LogP contribution is 2.17. The van der Waals surface area contributed by atoms with Crippen LogP contribution in [-0.2, 0) is 0 Å². The van der Waals surface area contributed by atoms with Gasteiger partial charge in [-0.05, 0) is 55.9 Å². The number of carbonyl (C=O) groups is 2. The fraction of sp³-hybridized carbons (Fsp3) is 0.250. The minimum Gasteiger partial charge on any atom is -0.496 e. The number of benzene rings is 2. The number of amides is 2. The van der Waals surface area contributed by atoms with Gasteiger partial charge in [0.1, 0.15) is 5.75 Å². The Bertz CT molecular complexity index is 839. The molecule has 0 saturated carbocycles. The third-order valence-corrected chi connectivity index (χ3v) is 4.16. The average molecular weight is 385 g/mol. The number of ether oxygens (including phenoxy) is 1. The number of methoxy groups -OCH3 is 1. The highest BCUT2D eigenvalue weighted by Gasteiger charge is 2.13. The number of thiocarbonyl (C=S) groups is 1. The molecule has 0 aliphatic heterocycles. The standard InChI is InChI=1S/C20H23N3O3S/c1-4-13(2)21-18(24)14-8-7-9-15(12-14)22-20(27)23-19(25)16-10-5-6-11-17(16)26-3/h5-13H,4H2,1-3H3,(H,21,24)(H2,22,23,25,27). The molecular weight excluding hydrogens is 362 g/mol. The van der Waals surface area contributed by atoms with E-state index in [1.165, 1.54) is 7.11 Å². The fourth-order valence-electron chi connectivity index (χ4n) is 2.31. The van der Waals surface area contributed by atoms with Gasteiger partial charge in [0.15, 0.2) is 5.11 Å². The Kier molecular flexibility index (Phi) is 7.31. The van der Waals surface area contributed by atoms with Gasteiger partial charge in [-0.3, -0.25) is 14.9 Å². The van der Waals surface area contributed by atoms with Gasteiger partial charge in [0.2, 0.25) is 0 Å². The zero-order valence-corrected chi connectivity index (χ0v) is 16.4. The van der Waals surface area contributed by atoms with Crippen LogP contribution in [0, 0.1) is 0 Å². The topological polar surface area (TPSA) is 79.5 Å². The average Bonchev–Trinajstić information content (AvgIpc) is 2.67. The number of hydrogen-bond donors (Lipinski definition) is 3. The largest absolute Gasteiger partial charge is 0.496 e. The predicted octanol–water partition coefficient (Wildman–Crippen LogP) is 3.35. The van der Waals surface area contributed by atoms with Crippen LogP contribution < -0.4 is 20.7 Å². The molecule has 0 radical (unpaired) electrons. The summed E-state index contributed by atoms with van der Waals surface area (Å²) in [4.78, 5) is 24.6. The summed E-state index contributed by atoms with van der Waals surface area (Å²) in [5.41, 5.74) is 1.50. The van der Waals surface area contributed by atoms with Crippen molar-refractivity contribution in [1.82, 2.24) is 10.6 Å². The van der Waals surface area contributed by atoms with E-state index in [-0.39, 0.29) is 23.0 Å². The molecular formula is C20H23N3O3S. The van der Waals surface area contributed by atoms with E-state index in [9.17, 15) is 9.59 Å². The predicted molar refractivity (Wildman–Crippen MR) is 110 cm³/mol. The second kappa shape index (κ2) is 9.68. The Morgan fingerprint density at radius 2 is 1.85 bits per heavy atom. The van der Waals surface area contributed by atoms with Crippen molar-refractivity contribution in [2.45, 2.75) is 26.3 Å². The van der Waals surface area contributed by atoms with Gasteiger partial charge in [-0.1, -0.05) is 25.1 Å². The van der Waals surface area contributed by atoms with Gasteiger partial charge < -0.3 is 15.4 Å². The van der Waals surface area contributed by atoms with Crippen molar-refractivity contribution < 1.29 is 14.3 Å². The Morgan fingerprint density at radius 3 is 2.56 bits per heavy atom. The molecule has 3 N–H and O–H groups in total. The van der Waals surface area contributed by atoms with Crippen LogP contribution in [-0.4, -0.2) is 30.1 Å². The molecule has 2 aromatic carbocycles. The first-order valence-corrected chi connectivity index (χ1v) is 9.01. The van der Waals surface area contributed by atoms with E-state index >= 15 is 0 Å². The molecule has 0 fully saturated rings. The Hall–Kier alpha value is -2.93. The lowest BCUT2D eigenvalue weighted by molar-refractivity contribution is 0.0937. The number of nitrogens with one attached hydrogen (secondary N) is 3. The van der Waals surface area contributed by atoms with Crippen molar-refractivity contribution in [2.75, 3.05) is 12.4 Å². The van der Waals surface area contributed by atoms with Crippen LogP contribution in [0.5, 0.6) is 5.75 Å². The first-order chi connectivity index (χ1) is 12.9. The van der Waals surface area contributed by atoms with Gasteiger partial charge in [-0.2, -0.15) is 0 Å². The van der Waals surface area contributed by atoms with Crippen LogP contribution in [0.15, 0.2) is 48.5 Å². The monoisotopic (exact) mass is 385 g/mol. The normalized spacial score (nSPS) is 11.2. The van der Waals surface area contributed by atoms with Gasteiger partial charge in [0.05, 0.1) is 12.7 Å². The van der Waals surface area contributed by atoms with E-state index in [0.717, 1.165) is 6.42 Å². The van der Waals surface area contributed by atoms with E-state index in [1.807, 2.05) is 13.8 Å². The van der Waals surface area contributed by atoms with E-state index in [0.29, 0.717) is 22.6 Å². The van der Waals surface area contributed by atoms with E-state index < -0.39 is 0 Å². The van der Waals surface area contributed by atoms with Crippen LogP contribution in [0.25, 0.3) is 0 Å². The Labute approximate surface area is 164 Å². The molecule has 142 valence electrons. The second-order valence-corrected chi connectivity index (χ2v) is 6.38. The minimum absolute atomic E-state index is 0.0929. The van der Waals surface area contributed by atoms with Gasteiger partial charge in [0.25, 0.3) is 11.8 Å². The van der Waals surface area contributed by atoms with Crippen molar-refractivity contribution in [3.63, 3.8) is 0 Å². The molecule has 0 spiro atoms. The fourth-order valence-corrected chi connectivity index (χ4v) is 2.52. The molecule has 0 aliphatic carbocycles. The maximum Gasteiger partial charge on any atom is 0.261 e. The second-order valence-electron chi connectivity index (χ2n) is 5.97. The summed E-state index contributed by atoms with van der Waals surface area (Å²) in [7, 11) is 1.50. The maximum atomic E-state index is 12.4.